The fourth-order valence-corrected chi connectivity index (χ4v) is 5.08. The summed E-state index contributed by atoms with van der Waals surface area (Å²) in [5.41, 5.74) is 1.86. The normalized spacial score (nSPS) is 21.4. The highest BCUT2D eigenvalue weighted by molar-refractivity contribution is 5.79. The van der Waals surface area contributed by atoms with Gasteiger partial charge in [-0.2, -0.15) is 4.98 Å². The number of rotatable bonds is 5. The van der Waals surface area contributed by atoms with Gasteiger partial charge < -0.3 is 14.6 Å². The number of aldehydes is 1. The number of fused-ring (bicyclic) bond motifs is 1. The highest BCUT2D eigenvalue weighted by Gasteiger charge is 2.41. The van der Waals surface area contributed by atoms with Crippen molar-refractivity contribution in [2.75, 3.05) is 16.8 Å². The molecule has 5 rings (SSSR count). The van der Waals surface area contributed by atoms with Crippen molar-refractivity contribution in [2.45, 2.75) is 57.2 Å². The first-order valence-corrected chi connectivity index (χ1v) is 11.0. The molecule has 1 fully saturated rings. The van der Waals surface area contributed by atoms with Crippen LogP contribution in [0, 0.1) is 0 Å². The lowest BCUT2D eigenvalue weighted by molar-refractivity contribution is -0.109. The largest absolute Gasteiger partial charge is 0.359 e. The van der Waals surface area contributed by atoms with Crippen LogP contribution in [0.5, 0.6) is 0 Å². The summed E-state index contributed by atoms with van der Waals surface area (Å²) in [6.07, 6.45) is 15.7. The second-order valence-corrected chi connectivity index (χ2v) is 8.29. The molecule has 0 saturated heterocycles. The summed E-state index contributed by atoms with van der Waals surface area (Å²) in [7, 11) is 1.97. The number of aromatic nitrogens is 5. The van der Waals surface area contributed by atoms with E-state index in [9.17, 15) is 4.79 Å². The SMILES string of the molecule is CCC1C(C=O)N(C)c2cnc(-n3ccnc3-c3ccncc3)nc2N1C1CCCC1. The summed E-state index contributed by atoms with van der Waals surface area (Å²) in [6.45, 7) is 2.15. The molecule has 3 aromatic rings. The molecular formula is C23H27N7O. The maximum absolute atomic E-state index is 12.0. The van der Waals surface area contributed by atoms with Crippen LogP contribution in [0.1, 0.15) is 39.0 Å². The van der Waals surface area contributed by atoms with E-state index >= 15 is 0 Å². The number of pyridine rings is 1. The van der Waals surface area contributed by atoms with Gasteiger partial charge in [0, 0.05) is 43.4 Å². The molecule has 1 saturated carbocycles. The molecule has 31 heavy (non-hydrogen) atoms. The summed E-state index contributed by atoms with van der Waals surface area (Å²) >= 11 is 0. The van der Waals surface area contributed by atoms with E-state index in [1.165, 1.54) is 12.8 Å². The van der Waals surface area contributed by atoms with E-state index in [0.29, 0.717) is 12.0 Å². The van der Waals surface area contributed by atoms with Gasteiger partial charge in [0.2, 0.25) is 5.95 Å². The molecule has 8 heteroatoms. The quantitative estimate of drug-likeness (QED) is 0.590. The maximum Gasteiger partial charge on any atom is 0.237 e. The van der Waals surface area contributed by atoms with E-state index in [1.54, 1.807) is 18.6 Å². The Morgan fingerprint density at radius 2 is 1.90 bits per heavy atom. The minimum atomic E-state index is -0.201. The van der Waals surface area contributed by atoms with E-state index in [1.807, 2.05) is 41.0 Å². The van der Waals surface area contributed by atoms with Crippen molar-refractivity contribution in [3.05, 3.63) is 43.1 Å². The molecule has 0 N–H and O–H groups in total. The molecule has 3 aromatic heterocycles. The van der Waals surface area contributed by atoms with Crippen LogP contribution in [0.15, 0.2) is 43.1 Å². The molecule has 160 valence electrons. The van der Waals surface area contributed by atoms with Crippen LogP contribution >= 0.6 is 0 Å². The third-order valence-corrected chi connectivity index (χ3v) is 6.63. The summed E-state index contributed by atoms with van der Waals surface area (Å²) in [4.78, 5) is 34.8. The van der Waals surface area contributed by atoms with Crippen LogP contribution in [0.4, 0.5) is 11.5 Å². The number of carbonyl (C=O) groups is 1. The molecule has 0 bridgehead atoms. The van der Waals surface area contributed by atoms with E-state index in [2.05, 4.69) is 26.8 Å². The molecule has 1 aliphatic carbocycles. The van der Waals surface area contributed by atoms with Crippen LogP contribution < -0.4 is 9.80 Å². The summed E-state index contributed by atoms with van der Waals surface area (Å²) < 4.78 is 1.91. The lowest BCUT2D eigenvalue weighted by Gasteiger charge is -2.48. The Balaban J connectivity index is 1.63. The van der Waals surface area contributed by atoms with Crippen molar-refractivity contribution in [3.63, 3.8) is 0 Å². The molecule has 0 aromatic carbocycles. The number of likely N-dealkylation sites (N-methyl/N-ethyl adjacent to an activating group) is 1. The first kappa shape index (κ1) is 19.7. The van der Waals surface area contributed by atoms with Gasteiger partial charge >= 0.3 is 0 Å². The first-order chi connectivity index (χ1) is 15.2. The zero-order valence-electron chi connectivity index (χ0n) is 17.9. The second kappa shape index (κ2) is 8.09. The van der Waals surface area contributed by atoms with E-state index < -0.39 is 0 Å². The van der Waals surface area contributed by atoms with Crippen molar-refractivity contribution >= 4 is 17.8 Å². The average Bonchev–Trinajstić information content (AvgIpc) is 3.51. The molecule has 0 amide bonds. The highest BCUT2D eigenvalue weighted by Crippen LogP contribution is 2.41. The molecule has 4 heterocycles. The molecule has 0 spiro atoms. The molecule has 2 unspecified atom stereocenters. The molecule has 1 aliphatic heterocycles. The van der Waals surface area contributed by atoms with Crippen LogP contribution in [0.25, 0.3) is 17.3 Å². The standard InChI is InChI=1S/C23H27N7O/c1-3-18-20(15-31)28(2)19-14-26-23(27-22(19)30(18)17-6-4-5-7-17)29-13-12-25-21(29)16-8-10-24-11-9-16/h8-15,17-18,20H,3-7H2,1-2H3. The minimum Gasteiger partial charge on any atom is -0.359 e. The van der Waals surface area contributed by atoms with Crippen molar-refractivity contribution < 1.29 is 4.79 Å². The van der Waals surface area contributed by atoms with Crippen LogP contribution in [-0.4, -0.2) is 56.0 Å². The predicted molar refractivity (Wildman–Crippen MR) is 119 cm³/mol. The van der Waals surface area contributed by atoms with Gasteiger partial charge in [-0.25, -0.2) is 9.97 Å². The van der Waals surface area contributed by atoms with E-state index in [0.717, 1.165) is 48.4 Å². The highest BCUT2D eigenvalue weighted by atomic mass is 16.1. The van der Waals surface area contributed by atoms with Crippen molar-refractivity contribution in [2.24, 2.45) is 0 Å². The van der Waals surface area contributed by atoms with Gasteiger partial charge in [-0.05, 0) is 31.4 Å². The Morgan fingerprint density at radius 3 is 2.61 bits per heavy atom. The van der Waals surface area contributed by atoms with Gasteiger partial charge in [0.15, 0.2) is 5.82 Å². The lowest BCUT2D eigenvalue weighted by Crippen LogP contribution is -2.58. The lowest BCUT2D eigenvalue weighted by atomic mass is 9.97. The van der Waals surface area contributed by atoms with E-state index in [-0.39, 0.29) is 12.1 Å². The Bertz CT molecular complexity index is 1060. The third kappa shape index (κ3) is 3.26. The average molecular weight is 418 g/mol. The van der Waals surface area contributed by atoms with Crippen molar-refractivity contribution in [1.82, 2.24) is 24.5 Å². The first-order valence-electron chi connectivity index (χ1n) is 11.0. The number of hydrogen-bond acceptors (Lipinski definition) is 7. The van der Waals surface area contributed by atoms with Gasteiger partial charge in [-0.3, -0.25) is 9.55 Å². The molecule has 8 nitrogen and oxygen atoms in total. The third-order valence-electron chi connectivity index (χ3n) is 6.63. The molecule has 2 aliphatic rings. The summed E-state index contributed by atoms with van der Waals surface area (Å²) in [5, 5.41) is 0. The van der Waals surface area contributed by atoms with Gasteiger partial charge in [-0.1, -0.05) is 19.8 Å². The Hall–Kier alpha value is -3.29. The Kier molecular flexibility index (Phi) is 5.13. The molecule has 0 radical (unpaired) electrons. The zero-order chi connectivity index (χ0) is 21.4. The van der Waals surface area contributed by atoms with Gasteiger partial charge in [0.05, 0.1) is 17.9 Å². The van der Waals surface area contributed by atoms with Crippen LogP contribution in [-0.2, 0) is 4.79 Å². The van der Waals surface area contributed by atoms with Gasteiger partial charge in [0.1, 0.15) is 18.2 Å². The van der Waals surface area contributed by atoms with Crippen molar-refractivity contribution in [1.29, 1.82) is 0 Å². The monoisotopic (exact) mass is 417 g/mol. The fourth-order valence-electron chi connectivity index (χ4n) is 5.08. The number of anilines is 2. The van der Waals surface area contributed by atoms with Crippen molar-refractivity contribution in [3.8, 4) is 17.3 Å². The number of carbonyl (C=O) groups excluding carboxylic acids is 1. The van der Waals surface area contributed by atoms with Gasteiger partial charge in [-0.15, -0.1) is 0 Å². The predicted octanol–water partition coefficient (Wildman–Crippen LogP) is 3.27. The second-order valence-electron chi connectivity index (χ2n) is 8.29. The zero-order valence-corrected chi connectivity index (χ0v) is 17.9. The summed E-state index contributed by atoms with van der Waals surface area (Å²) in [6, 6.07) is 4.16. The Labute approximate surface area is 182 Å². The smallest absolute Gasteiger partial charge is 0.237 e. The maximum atomic E-state index is 12.0. The minimum absolute atomic E-state index is 0.100. The Morgan fingerprint density at radius 1 is 1.13 bits per heavy atom. The van der Waals surface area contributed by atoms with Gasteiger partial charge in [0.25, 0.3) is 0 Å². The number of hydrogen-bond donors (Lipinski definition) is 0. The van der Waals surface area contributed by atoms with Crippen LogP contribution in [0.2, 0.25) is 0 Å². The summed E-state index contributed by atoms with van der Waals surface area (Å²) in [5.74, 6) is 2.27. The van der Waals surface area contributed by atoms with E-state index in [4.69, 9.17) is 4.98 Å². The number of imidazole rings is 1. The van der Waals surface area contributed by atoms with Crippen LogP contribution in [0.3, 0.4) is 0 Å². The number of nitrogens with zero attached hydrogens (tertiary/aromatic N) is 7. The molecular weight excluding hydrogens is 390 g/mol. The fraction of sp³-hybridized carbons (Fsp3) is 0.435. The topological polar surface area (TPSA) is 80.0 Å². The molecule has 2 atom stereocenters.